The van der Waals surface area contributed by atoms with Gasteiger partial charge in [0.15, 0.2) is 0 Å². The third kappa shape index (κ3) is 15.5. The Bertz CT molecular complexity index is 243. The highest BCUT2D eigenvalue weighted by molar-refractivity contribution is 14.0. The quantitative estimate of drug-likeness (QED) is 0.324. The normalized spacial score (nSPS) is 24.5. The van der Waals surface area contributed by atoms with Gasteiger partial charge in [0.1, 0.15) is 26.2 Å². The highest BCUT2D eigenvalue weighted by atomic mass is 127. The number of likely N-dealkylation sites (N-methyl/N-ethyl adjacent to an activating group) is 2. The van der Waals surface area contributed by atoms with E-state index in [0.717, 1.165) is 61.6 Å². The highest BCUT2D eigenvalue weighted by Crippen LogP contribution is 1.99. The minimum absolute atomic E-state index is 0. The topological polar surface area (TPSA) is 36.9 Å². The Kier molecular flexibility index (Phi) is 17.5. The molecule has 0 bridgehead atoms. The summed E-state index contributed by atoms with van der Waals surface area (Å²) in [5.41, 5.74) is 0. The number of halogens is 2. The molecule has 0 atom stereocenters. The Labute approximate surface area is 182 Å². The zero-order chi connectivity index (χ0) is 16.3. The van der Waals surface area contributed by atoms with E-state index < -0.39 is 0 Å². The number of rotatable bonds is 0. The number of hydrogen-bond acceptors (Lipinski definition) is 4. The summed E-state index contributed by atoms with van der Waals surface area (Å²) in [6.45, 7) is 9.71. The molecular weight excluding hydrogens is 538 g/mol. The van der Waals surface area contributed by atoms with Gasteiger partial charge in [0.2, 0.25) is 0 Å². The van der Waals surface area contributed by atoms with Crippen molar-refractivity contribution in [2.45, 2.75) is 0 Å². The molecule has 0 N–H and O–H groups in total. The molecule has 0 aromatic heterocycles. The second kappa shape index (κ2) is 15.3. The van der Waals surface area contributed by atoms with Gasteiger partial charge in [-0.2, -0.15) is 0 Å². The average molecular weight is 576 g/mol. The van der Waals surface area contributed by atoms with E-state index in [-0.39, 0.29) is 48.0 Å². The van der Waals surface area contributed by atoms with E-state index in [1.54, 1.807) is 0 Å². The van der Waals surface area contributed by atoms with Crippen molar-refractivity contribution in [3.63, 3.8) is 0 Å². The van der Waals surface area contributed by atoms with Crippen LogP contribution in [-0.4, -0.2) is 116 Å². The predicted octanol–water partition coefficient (Wildman–Crippen LogP) is 1.46. The van der Waals surface area contributed by atoms with Crippen LogP contribution >= 0.6 is 48.0 Å². The summed E-state index contributed by atoms with van der Waals surface area (Å²) < 4.78 is 24.5. The fourth-order valence-electron chi connectivity index (χ4n) is 2.11. The summed E-state index contributed by atoms with van der Waals surface area (Å²) in [5, 5.41) is 0. The van der Waals surface area contributed by atoms with E-state index in [2.05, 4.69) is 28.2 Å². The lowest BCUT2D eigenvalue weighted by Crippen LogP contribution is -2.45. The maximum Gasteiger partial charge on any atom is 0.102 e. The van der Waals surface area contributed by atoms with E-state index >= 15 is 0 Å². The van der Waals surface area contributed by atoms with Gasteiger partial charge in [-0.25, -0.2) is 0 Å². The predicted molar refractivity (Wildman–Crippen MR) is 118 cm³/mol. The van der Waals surface area contributed by atoms with Gasteiger partial charge in [-0.1, -0.05) is 0 Å². The van der Waals surface area contributed by atoms with Gasteiger partial charge in [0.25, 0.3) is 0 Å². The van der Waals surface area contributed by atoms with Crippen molar-refractivity contribution in [1.82, 2.24) is 0 Å². The van der Waals surface area contributed by atoms with Crippen molar-refractivity contribution >= 4 is 48.0 Å². The minimum atomic E-state index is 0. The number of nitrogens with zero attached hydrogens (tertiary/aromatic N) is 2. The molecule has 0 spiro atoms. The molecule has 6 nitrogen and oxygen atoms in total. The first kappa shape index (κ1) is 27.4. The van der Waals surface area contributed by atoms with Crippen molar-refractivity contribution in [2.24, 2.45) is 0 Å². The average Bonchev–Trinajstić information content (AvgIpc) is 2.43. The van der Waals surface area contributed by atoms with Crippen LogP contribution < -0.4 is 0 Å². The molecule has 1 aliphatic rings. The lowest BCUT2D eigenvalue weighted by molar-refractivity contribution is -0.891. The second-order valence-electron chi connectivity index (χ2n) is 7.22. The van der Waals surface area contributed by atoms with Gasteiger partial charge in [-0.3, -0.25) is 0 Å². The van der Waals surface area contributed by atoms with E-state index in [1.165, 1.54) is 0 Å². The first-order valence-electron chi connectivity index (χ1n) is 8.36. The Balaban J connectivity index is 0. The molecule has 1 fully saturated rings. The molecule has 0 saturated carbocycles. The summed E-state index contributed by atoms with van der Waals surface area (Å²) in [6, 6.07) is 0. The molecule has 0 unspecified atom stereocenters. The third-order valence-corrected chi connectivity index (χ3v) is 4.11. The van der Waals surface area contributed by atoms with Crippen molar-refractivity contribution in [3.8, 4) is 0 Å². The molecule has 1 saturated heterocycles. The van der Waals surface area contributed by atoms with Gasteiger partial charge in [-0.15, -0.1) is 48.0 Å². The largest absolute Gasteiger partial charge is 0.373 e. The maximum absolute atomic E-state index is 5.66. The molecule has 0 aromatic carbocycles. The minimum Gasteiger partial charge on any atom is -0.373 e. The van der Waals surface area contributed by atoms with Crippen LogP contribution in [0.15, 0.2) is 0 Å². The zero-order valence-corrected chi connectivity index (χ0v) is 20.5. The standard InChI is InChI=1S/C16H36N2O4.2HI/c1-17(2)5-9-19-13-15-21-11-7-18(3,4)8-12-22-16-14-20-10-6-17;;/h5-16H2,1-4H3;2*1H/q+2;;. The van der Waals surface area contributed by atoms with Gasteiger partial charge in [0, 0.05) is 0 Å². The van der Waals surface area contributed by atoms with Gasteiger partial charge >= 0.3 is 0 Å². The van der Waals surface area contributed by atoms with Crippen LogP contribution in [0.25, 0.3) is 0 Å². The molecule has 1 rings (SSSR count). The summed E-state index contributed by atoms with van der Waals surface area (Å²) >= 11 is 0. The fourth-order valence-corrected chi connectivity index (χ4v) is 2.11. The van der Waals surface area contributed by atoms with E-state index in [9.17, 15) is 0 Å². The smallest absolute Gasteiger partial charge is 0.102 e. The van der Waals surface area contributed by atoms with Gasteiger partial charge in [-0.05, 0) is 0 Å². The van der Waals surface area contributed by atoms with Gasteiger partial charge in [0.05, 0.1) is 81.0 Å². The van der Waals surface area contributed by atoms with Crippen molar-refractivity contribution < 1.29 is 27.9 Å². The maximum atomic E-state index is 5.66. The molecular formula is C16H38I2N2O4+2. The molecule has 0 aliphatic carbocycles. The number of quaternary nitrogens is 2. The molecule has 1 heterocycles. The van der Waals surface area contributed by atoms with E-state index in [4.69, 9.17) is 18.9 Å². The fraction of sp³-hybridized carbons (Fsp3) is 1.00. The highest BCUT2D eigenvalue weighted by Gasteiger charge is 2.16. The lowest BCUT2D eigenvalue weighted by atomic mass is 10.4. The number of ether oxygens (including phenoxy) is 4. The second-order valence-corrected chi connectivity index (χ2v) is 7.22. The van der Waals surface area contributed by atoms with Crippen LogP contribution in [0.5, 0.6) is 0 Å². The van der Waals surface area contributed by atoms with E-state index in [1.807, 2.05) is 0 Å². The third-order valence-electron chi connectivity index (χ3n) is 4.11. The molecule has 0 radical (unpaired) electrons. The Morgan fingerprint density at radius 1 is 0.417 bits per heavy atom. The first-order chi connectivity index (χ1) is 10.4. The van der Waals surface area contributed by atoms with Crippen LogP contribution in [0, 0.1) is 0 Å². The van der Waals surface area contributed by atoms with Crippen LogP contribution in [0.4, 0.5) is 0 Å². The van der Waals surface area contributed by atoms with Gasteiger partial charge < -0.3 is 27.9 Å². The van der Waals surface area contributed by atoms with Crippen molar-refractivity contribution in [1.29, 1.82) is 0 Å². The number of hydrogen-bond donors (Lipinski definition) is 0. The molecule has 1 aliphatic heterocycles. The molecule has 8 heteroatoms. The summed E-state index contributed by atoms with van der Waals surface area (Å²) in [7, 11) is 8.83. The Morgan fingerprint density at radius 2 is 0.625 bits per heavy atom. The molecule has 148 valence electrons. The van der Waals surface area contributed by atoms with Crippen molar-refractivity contribution in [3.05, 3.63) is 0 Å². The van der Waals surface area contributed by atoms with Crippen LogP contribution in [0.1, 0.15) is 0 Å². The van der Waals surface area contributed by atoms with Crippen molar-refractivity contribution in [2.75, 3.05) is 107 Å². The Hall–Kier alpha value is 1.22. The molecule has 24 heavy (non-hydrogen) atoms. The summed E-state index contributed by atoms with van der Waals surface area (Å²) in [6.07, 6.45) is 0. The Morgan fingerprint density at radius 3 is 0.833 bits per heavy atom. The molecule has 0 aromatic rings. The first-order valence-corrected chi connectivity index (χ1v) is 8.36. The summed E-state index contributed by atoms with van der Waals surface area (Å²) in [5.74, 6) is 0. The SMILES string of the molecule is C[N+]1(C)CCOCCOCC[N+](C)(C)CCOCCOCC1.I.I. The van der Waals surface area contributed by atoms with Crippen LogP contribution in [0.2, 0.25) is 0 Å². The zero-order valence-electron chi connectivity index (χ0n) is 15.8. The lowest BCUT2D eigenvalue weighted by Gasteiger charge is -2.30. The monoisotopic (exact) mass is 576 g/mol. The van der Waals surface area contributed by atoms with Crippen LogP contribution in [0.3, 0.4) is 0 Å². The van der Waals surface area contributed by atoms with Crippen LogP contribution in [-0.2, 0) is 18.9 Å². The summed E-state index contributed by atoms with van der Waals surface area (Å²) in [4.78, 5) is 0. The molecule has 0 amide bonds. The van der Waals surface area contributed by atoms with E-state index in [0.29, 0.717) is 26.4 Å².